The van der Waals surface area contributed by atoms with E-state index in [1.54, 1.807) is 12.1 Å². The molecule has 0 spiro atoms. The standard InChI is InChI=1S/C15H17N3O2/c1-8-7-9-5-6-15(8,18-9)14-17-12-10(13(16)19)3-2-4-11(12)20-14/h2-4,8-9,18H,5-7H2,1H3,(H2,16,19). The molecule has 20 heavy (non-hydrogen) atoms. The van der Waals surface area contributed by atoms with Gasteiger partial charge in [0.05, 0.1) is 11.1 Å². The average molecular weight is 271 g/mol. The Hall–Kier alpha value is -1.88. The molecule has 2 aromatic rings. The third-order valence-electron chi connectivity index (χ3n) is 4.89. The fraction of sp³-hybridized carbons (Fsp3) is 0.467. The molecule has 0 aliphatic carbocycles. The molecule has 3 atom stereocenters. The van der Waals surface area contributed by atoms with Crippen molar-refractivity contribution in [3.63, 3.8) is 0 Å². The summed E-state index contributed by atoms with van der Waals surface area (Å²) in [5.41, 5.74) is 6.88. The first-order valence-electron chi connectivity index (χ1n) is 7.08. The molecular weight excluding hydrogens is 254 g/mol. The summed E-state index contributed by atoms with van der Waals surface area (Å²) in [6.45, 7) is 2.23. The highest BCUT2D eigenvalue weighted by Gasteiger charge is 2.53. The summed E-state index contributed by atoms with van der Waals surface area (Å²) in [5.74, 6) is 0.727. The van der Waals surface area contributed by atoms with Gasteiger partial charge in [-0.15, -0.1) is 0 Å². The maximum atomic E-state index is 11.5. The largest absolute Gasteiger partial charge is 0.439 e. The molecule has 104 valence electrons. The zero-order valence-electron chi connectivity index (χ0n) is 11.3. The number of primary amides is 1. The smallest absolute Gasteiger partial charge is 0.251 e. The fourth-order valence-electron chi connectivity index (χ4n) is 3.82. The molecule has 2 aliphatic rings. The van der Waals surface area contributed by atoms with Crippen LogP contribution in [0.4, 0.5) is 0 Å². The van der Waals surface area contributed by atoms with E-state index >= 15 is 0 Å². The van der Waals surface area contributed by atoms with E-state index in [9.17, 15) is 4.79 Å². The van der Waals surface area contributed by atoms with Crippen molar-refractivity contribution in [2.75, 3.05) is 0 Å². The number of nitrogens with two attached hydrogens (primary N) is 1. The fourth-order valence-corrected chi connectivity index (χ4v) is 3.82. The van der Waals surface area contributed by atoms with Gasteiger partial charge in [0.25, 0.3) is 5.91 Å². The van der Waals surface area contributed by atoms with Gasteiger partial charge in [-0.1, -0.05) is 13.0 Å². The summed E-state index contributed by atoms with van der Waals surface area (Å²) in [5, 5.41) is 3.64. The Labute approximate surface area is 116 Å². The molecule has 1 aromatic heterocycles. The molecular formula is C15H17N3O2. The molecule has 2 bridgehead atoms. The lowest BCUT2D eigenvalue weighted by molar-refractivity contribution is 0.100. The maximum absolute atomic E-state index is 11.5. The Morgan fingerprint density at radius 2 is 2.40 bits per heavy atom. The number of aromatic nitrogens is 1. The lowest BCUT2D eigenvalue weighted by Crippen LogP contribution is -2.38. The third-order valence-corrected chi connectivity index (χ3v) is 4.89. The van der Waals surface area contributed by atoms with Crippen molar-refractivity contribution in [3.8, 4) is 0 Å². The van der Waals surface area contributed by atoms with Crippen molar-refractivity contribution in [2.45, 2.75) is 37.8 Å². The number of hydrogen-bond acceptors (Lipinski definition) is 4. The van der Waals surface area contributed by atoms with Crippen molar-refractivity contribution < 1.29 is 9.21 Å². The van der Waals surface area contributed by atoms with Crippen molar-refractivity contribution in [3.05, 3.63) is 29.7 Å². The highest BCUT2D eigenvalue weighted by molar-refractivity contribution is 6.03. The number of oxazole rings is 1. The SMILES string of the molecule is CC1CC2CCC1(c1nc3c(C(N)=O)cccc3o1)N2. The Balaban J connectivity index is 1.90. The van der Waals surface area contributed by atoms with Gasteiger partial charge in [-0.2, -0.15) is 0 Å². The summed E-state index contributed by atoms with van der Waals surface area (Å²) in [6, 6.07) is 5.87. The van der Waals surface area contributed by atoms with Crippen LogP contribution in [0.2, 0.25) is 0 Å². The van der Waals surface area contributed by atoms with E-state index in [1.807, 2.05) is 6.07 Å². The quantitative estimate of drug-likeness (QED) is 0.874. The number of carbonyl (C=O) groups is 1. The van der Waals surface area contributed by atoms with E-state index < -0.39 is 5.91 Å². The molecule has 3 N–H and O–H groups in total. The van der Waals surface area contributed by atoms with Crippen molar-refractivity contribution in [1.29, 1.82) is 0 Å². The van der Waals surface area contributed by atoms with E-state index in [1.165, 1.54) is 0 Å². The summed E-state index contributed by atoms with van der Waals surface area (Å²) in [7, 11) is 0. The van der Waals surface area contributed by atoms with Crippen LogP contribution < -0.4 is 11.1 Å². The summed E-state index contributed by atoms with van der Waals surface area (Å²) in [4.78, 5) is 16.1. The average Bonchev–Trinajstić information content (AvgIpc) is 3.08. The molecule has 3 heterocycles. The summed E-state index contributed by atoms with van der Waals surface area (Å²) < 4.78 is 5.95. The Morgan fingerprint density at radius 1 is 1.55 bits per heavy atom. The summed E-state index contributed by atoms with van der Waals surface area (Å²) in [6.07, 6.45) is 3.35. The minimum atomic E-state index is -0.468. The number of para-hydroxylation sites is 1. The number of amides is 1. The van der Waals surface area contributed by atoms with E-state index in [4.69, 9.17) is 10.2 Å². The Bertz CT molecular complexity index is 708. The molecule has 2 saturated heterocycles. The van der Waals surface area contributed by atoms with E-state index in [-0.39, 0.29) is 5.54 Å². The normalized spacial score (nSPS) is 32.0. The van der Waals surface area contributed by atoms with Crippen LogP contribution in [0.1, 0.15) is 42.4 Å². The van der Waals surface area contributed by atoms with Gasteiger partial charge < -0.3 is 15.5 Å². The van der Waals surface area contributed by atoms with E-state index in [0.717, 1.165) is 19.3 Å². The van der Waals surface area contributed by atoms with Gasteiger partial charge in [0.1, 0.15) is 5.52 Å². The minimum absolute atomic E-state index is 0.168. The van der Waals surface area contributed by atoms with Crippen LogP contribution >= 0.6 is 0 Å². The van der Waals surface area contributed by atoms with Gasteiger partial charge in [0.2, 0.25) is 5.89 Å². The third kappa shape index (κ3) is 1.41. The zero-order valence-corrected chi connectivity index (χ0v) is 11.3. The number of nitrogens with zero attached hydrogens (tertiary/aromatic N) is 1. The molecule has 0 saturated carbocycles. The minimum Gasteiger partial charge on any atom is -0.439 e. The van der Waals surface area contributed by atoms with Crippen molar-refractivity contribution >= 4 is 17.0 Å². The van der Waals surface area contributed by atoms with Gasteiger partial charge in [-0.3, -0.25) is 4.79 Å². The lowest BCUT2D eigenvalue weighted by atomic mass is 9.79. The van der Waals surface area contributed by atoms with Crippen LogP contribution in [-0.2, 0) is 5.54 Å². The number of carbonyl (C=O) groups excluding carboxylic acids is 1. The first-order valence-corrected chi connectivity index (χ1v) is 7.08. The number of hydrogen-bond donors (Lipinski definition) is 2. The maximum Gasteiger partial charge on any atom is 0.251 e. The predicted molar refractivity (Wildman–Crippen MR) is 74.1 cm³/mol. The first kappa shape index (κ1) is 11.9. The topological polar surface area (TPSA) is 81.2 Å². The molecule has 1 amide bonds. The van der Waals surface area contributed by atoms with Crippen LogP contribution in [0, 0.1) is 5.92 Å². The van der Waals surface area contributed by atoms with Gasteiger partial charge in [0.15, 0.2) is 5.58 Å². The summed E-state index contributed by atoms with van der Waals surface area (Å²) >= 11 is 0. The first-order chi connectivity index (χ1) is 9.60. The van der Waals surface area contributed by atoms with Crippen molar-refractivity contribution in [2.24, 2.45) is 11.7 Å². The number of fused-ring (bicyclic) bond motifs is 3. The molecule has 4 rings (SSSR count). The molecule has 3 unspecified atom stereocenters. The molecule has 5 nitrogen and oxygen atoms in total. The number of benzene rings is 1. The second kappa shape index (κ2) is 3.82. The van der Waals surface area contributed by atoms with Crippen LogP contribution in [0.3, 0.4) is 0 Å². The highest BCUT2D eigenvalue weighted by Crippen LogP contribution is 2.49. The van der Waals surface area contributed by atoms with Crippen LogP contribution in [0.5, 0.6) is 0 Å². The molecule has 1 aromatic carbocycles. The van der Waals surface area contributed by atoms with Crippen LogP contribution in [0.25, 0.3) is 11.1 Å². The lowest BCUT2D eigenvalue weighted by Gasteiger charge is -2.28. The molecule has 2 aliphatic heterocycles. The zero-order chi connectivity index (χ0) is 13.9. The van der Waals surface area contributed by atoms with Crippen LogP contribution in [0.15, 0.2) is 22.6 Å². The Morgan fingerprint density at radius 3 is 3.05 bits per heavy atom. The highest BCUT2D eigenvalue weighted by atomic mass is 16.4. The van der Waals surface area contributed by atoms with Gasteiger partial charge >= 0.3 is 0 Å². The van der Waals surface area contributed by atoms with Crippen LogP contribution in [-0.4, -0.2) is 16.9 Å². The number of nitrogens with one attached hydrogen (secondary N) is 1. The molecule has 0 radical (unpaired) electrons. The molecule has 2 fully saturated rings. The van der Waals surface area contributed by atoms with E-state index in [0.29, 0.717) is 34.5 Å². The van der Waals surface area contributed by atoms with Gasteiger partial charge in [-0.25, -0.2) is 4.98 Å². The monoisotopic (exact) mass is 271 g/mol. The van der Waals surface area contributed by atoms with Gasteiger partial charge in [-0.05, 0) is 37.3 Å². The number of rotatable bonds is 2. The second-order valence-corrected chi connectivity index (χ2v) is 6.02. The Kier molecular flexibility index (Phi) is 2.27. The van der Waals surface area contributed by atoms with Crippen molar-refractivity contribution in [1.82, 2.24) is 10.3 Å². The van der Waals surface area contributed by atoms with Gasteiger partial charge in [0, 0.05) is 6.04 Å². The van der Waals surface area contributed by atoms with E-state index in [2.05, 4.69) is 17.2 Å². The molecule has 5 heteroatoms. The second-order valence-electron chi connectivity index (χ2n) is 6.02. The predicted octanol–water partition coefficient (Wildman–Crippen LogP) is 1.91.